The average Bonchev–Trinajstić information content (AvgIpc) is 3.43. The molecule has 3 aromatic rings. The molecule has 0 bridgehead atoms. The molecule has 1 N–H and O–H groups in total. The second-order valence-electron chi connectivity index (χ2n) is 8.86. The predicted octanol–water partition coefficient (Wildman–Crippen LogP) is 3.68. The summed E-state index contributed by atoms with van der Waals surface area (Å²) >= 11 is 5.39. The second kappa shape index (κ2) is 9.09. The number of fused-ring (bicyclic) bond motifs is 1. The smallest absolute Gasteiger partial charge is 0.247 e. The molecule has 1 fully saturated rings. The minimum atomic E-state index is -3.51. The van der Waals surface area contributed by atoms with E-state index in [-0.39, 0.29) is 12.5 Å². The van der Waals surface area contributed by atoms with Gasteiger partial charge in [-0.2, -0.15) is 9.40 Å². The molecule has 1 amide bonds. The van der Waals surface area contributed by atoms with E-state index in [4.69, 9.17) is 12.2 Å². The van der Waals surface area contributed by atoms with Crippen molar-refractivity contribution in [3.63, 3.8) is 0 Å². The van der Waals surface area contributed by atoms with Crippen LogP contribution in [0.25, 0.3) is 11.4 Å². The molecule has 3 heterocycles. The summed E-state index contributed by atoms with van der Waals surface area (Å²) in [6.07, 6.45) is 3.48. The predicted molar refractivity (Wildman–Crippen MR) is 133 cm³/mol. The lowest BCUT2D eigenvalue weighted by atomic mass is 10.1. The van der Waals surface area contributed by atoms with Gasteiger partial charge in [-0.3, -0.25) is 14.5 Å². The van der Waals surface area contributed by atoms with E-state index in [1.54, 1.807) is 32.0 Å². The van der Waals surface area contributed by atoms with Gasteiger partial charge < -0.3 is 4.90 Å². The number of rotatable bonds is 5. The van der Waals surface area contributed by atoms with E-state index in [0.29, 0.717) is 41.5 Å². The van der Waals surface area contributed by atoms with Crippen molar-refractivity contribution in [3.8, 4) is 11.4 Å². The van der Waals surface area contributed by atoms with Crippen molar-refractivity contribution in [3.05, 3.63) is 58.4 Å². The number of aromatic amines is 1. The molecule has 34 heavy (non-hydrogen) atoms. The zero-order chi connectivity index (χ0) is 23.9. The van der Waals surface area contributed by atoms with Crippen molar-refractivity contribution in [1.82, 2.24) is 19.1 Å². The summed E-state index contributed by atoms with van der Waals surface area (Å²) in [4.78, 5) is 15.3. The summed E-state index contributed by atoms with van der Waals surface area (Å²) in [7, 11) is -3.51. The van der Waals surface area contributed by atoms with Crippen molar-refractivity contribution < 1.29 is 13.2 Å². The fraction of sp³-hybridized carbons (Fsp3) is 0.375. The minimum absolute atomic E-state index is 0.0474. The topological polar surface area (TPSA) is 91.3 Å². The Morgan fingerprint density at radius 1 is 1.06 bits per heavy atom. The normalized spacial score (nSPS) is 16.6. The van der Waals surface area contributed by atoms with Crippen LogP contribution in [0, 0.1) is 11.7 Å². The monoisotopic (exact) mass is 497 g/mol. The van der Waals surface area contributed by atoms with Crippen LogP contribution in [0.2, 0.25) is 0 Å². The molecule has 2 aliphatic heterocycles. The van der Waals surface area contributed by atoms with Crippen LogP contribution in [-0.2, 0) is 27.8 Å². The first-order valence-corrected chi connectivity index (χ1v) is 13.3. The van der Waals surface area contributed by atoms with Crippen molar-refractivity contribution in [2.45, 2.75) is 44.0 Å². The first kappa shape index (κ1) is 22.9. The van der Waals surface area contributed by atoms with Gasteiger partial charge in [0.2, 0.25) is 15.9 Å². The Labute approximate surface area is 204 Å². The Balaban J connectivity index is 1.38. The fourth-order valence-corrected chi connectivity index (χ4v) is 6.42. The van der Waals surface area contributed by atoms with Gasteiger partial charge in [-0.05, 0) is 62.2 Å². The molecule has 0 saturated carbocycles. The maximum absolute atomic E-state index is 13.3. The summed E-state index contributed by atoms with van der Waals surface area (Å²) in [6, 6.07) is 13.0. The van der Waals surface area contributed by atoms with E-state index in [0.717, 1.165) is 41.6 Å². The van der Waals surface area contributed by atoms with Gasteiger partial charge in [0.15, 0.2) is 10.6 Å². The molecule has 2 aliphatic rings. The number of piperidine rings is 1. The van der Waals surface area contributed by atoms with E-state index in [2.05, 4.69) is 10.2 Å². The van der Waals surface area contributed by atoms with E-state index in [1.807, 2.05) is 31.2 Å². The standard InChI is InChI=1S/C24H27N5O3S2/c1-17-5-7-18(8-6-17)23-25-26-24(33)29(23)16-22(30)28-14-11-19-15-20(9-10-21(19)28)34(31,32)27-12-3-2-4-13-27/h5-10,15H,2-4,11-14,16H2,1H3,(H,26,33). The largest absolute Gasteiger partial charge is 0.310 e. The zero-order valence-electron chi connectivity index (χ0n) is 19.0. The van der Waals surface area contributed by atoms with Crippen LogP contribution in [0.15, 0.2) is 47.4 Å². The third-order valence-electron chi connectivity index (χ3n) is 6.56. The molecule has 0 unspecified atom stereocenters. The lowest BCUT2D eigenvalue weighted by Crippen LogP contribution is -2.35. The highest BCUT2D eigenvalue weighted by Crippen LogP contribution is 2.32. The molecule has 0 atom stereocenters. The lowest BCUT2D eigenvalue weighted by molar-refractivity contribution is -0.119. The molecule has 1 saturated heterocycles. The first-order valence-electron chi connectivity index (χ1n) is 11.5. The van der Waals surface area contributed by atoms with Gasteiger partial charge in [0.1, 0.15) is 6.54 Å². The molecule has 5 rings (SSSR count). The maximum atomic E-state index is 13.3. The maximum Gasteiger partial charge on any atom is 0.247 e. The van der Waals surface area contributed by atoms with Crippen LogP contribution in [0.5, 0.6) is 0 Å². The van der Waals surface area contributed by atoms with Crippen molar-refractivity contribution in [2.24, 2.45) is 0 Å². The van der Waals surface area contributed by atoms with Crippen molar-refractivity contribution in [2.75, 3.05) is 24.5 Å². The Bertz CT molecular complexity index is 1390. The molecule has 178 valence electrons. The number of nitrogens with zero attached hydrogens (tertiary/aromatic N) is 4. The second-order valence-corrected chi connectivity index (χ2v) is 11.2. The van der Waals surface area contributed by atoms with Crippen LogP contribution in [0.1, 0.15) is 30.4 Å². The zero-order valence-corrected chi connectivity index (χ0v) is 20.7. The minimum Gasteiger partial charge on any atom is -0.310 e. The van der Waals surface area contributed by atoms with Gasteiger partial charge in [0.25, 0.3) is 0 Å². The third kappa shape index (κ3) is 4.21. The highest BCUT2D eigenvalue weighted by molar-refractivity contribution is 7.89. The Kier molecular flexibility index (Phi) is 6.13. The molecule has 0 spiro atoms. The van der Waals surface area contributed by atoms with Gasteiger partial charge in [-0.15, -0.1) is 0 Å². The summed E-state index contributed by atoms with van der Waals surface area (Å²) in [5.74, 6) is 0.497. The summed E-state index contributed by atoms with van der Waals surface area (Å²) < 4.78 is 29.8. The Morgan fingerprint density at radius 3 is 2.53 bits per heavy atom. The van der Waals surface area contributed by atoms with Crippen LogP contribution in [0.3, 0.4) is 0 Å². The number of aryl methyl sites for hydroxylation is 1. The Morgan fingerprint density at radius 2 is 1.79 bits per heavy atom. The van der Waals surface area contributed by atoms with Crippen LogP contribution < -0.4 is 4.90 Å². The van der Waals surface area contributed by atoms with Gasteiger partial charge >= 0.3 is 0 Å². The molecular weight excluding hydrogens is 470 g/mol. The Hall–Kier alpha value is -2.82. The third-order valence-corrected chi connectivity index (χ3v) is 8.77. The van der Waals surface area contributed by atoms with E-state index < -0.39 is 10.0 Å². The van der Waals surface area contributed by atoms with Crippen molar-refractivity contribution >= 4 is 33.8 Å². The summed E-state index contributed by atoms with van der Waals surface area (Å²) in [6.45, 7) is 3.70. The van der Waals surface area contributed by atoms with Gasteiger partial charge in [0, 0.05) is 30.9 Å². The number of sulfonamides is 1. The highest BCUT2D eigenvalue weighted by atomic mass is 32.2. The SMILES string of the molecule is Cc1ccc(-c2n[nH]c(=S)n2CC(=O)N2CCc3cc(S(=O)(=O)N4CCCCC4)ccc32)cc1. The quantitative estimate of drug-likeness (QED) is 0.543. The number of nitrogens with one attached hydrogen (secondary N) is 1. The first-order chi connectivity index (χ1) is 16.3. The van der Waals surface area contributed by atoms with Gasteiger partial charge in [-0.1, -0.05) is 36.2 Å². The molecular formula is C24H27N5O3S2. The molecule has 0 aliphatic carbocycles. The van der Waals surface area contributed by atoms with E-state index in [1.165, 1.54) is 0 Å². The average molecular weight is 498 g/mol. The number of hydrogen-bond acceptors (Lipinski definition) is 5. The molecule has 10 heteroatoms. The number of hydrogen-bond donors (Lipinski definition) is 1. The molecule has 0 radical (unpaired) electrons. The highest BCUT2D eigenvalue weighted by Gasteiger charge is 2.30. The van der Waals surface area contributed by atoms with Crippen LogP contribution in [-0.4, -0.2) is 53.0 Å². The molecule has 1 aromatic heterocycles. The molecule has 2 aromatic carbocycles. The number of carbonyl (C=O) groups excluding carboxylic acids is 1. The molecule has 8 nitrogen and oxygen atoms in total. The van der Waals surface area contributed by atoms with Gasteiger partial charge in [0.05, 0.1) is 4.90 Å². The van der Waals surface area contributed by atoms with E-state index >= 15 is 0 Å². The lowest BCUT2D eigenvalue weighted by Gasteiger charge is -2.26. The summed E-state index contributed by atoms with van der Waals surface area (Å²) in [5, 5.41) is 7.12. The fourth-order valence-electron chi connectivity index (χ4n) is 4.66. The summed E-state index contributed by atoms with van der Waals surface area (Å²) in [5.41, 5.74) is 3.64. The number of amides is 1. The van der Waals surface area contributed by atoms with Crippen molar-refractivity contribution in [1.29, 1.82) is 0 Å². The van der Waals surface area contributed by atoms with Crippen LogP contribution >= 0.6 is 12.2 Å². The number of H-pyrrole nitrogens is 1. The number of aromatic nitrogens is 3. The number of anilines is 1. The van der Waals surface area contributed by atoms with Gasteiger partial charge in [-0.25, -0.2) is 8.42 Å². The number of benzene rings is 2. The van der Waals surface area contributed by atoms with Crippen LogP contribution in [0.4, 0.5) is 5.69 Å². The number of carbonyl (C=O) groups is 1. The van der Waals surface area contributed by atoms with E-state index in [9.17, 15) is 13.2 Å².